The average molecular weight is 365 g/mol. The summed E-state index contributed by atoms with van der Waals surface area (Å²) in [7, 11) is 0. The third kappa shape index (κ3) is 3.40. The molecule has 2 aromatic carbocycles. The van der Waals surface area contributed by atoms with Crippen molar-refractivity contribution in [3.05, 3.63) is 57.6 Å². The highest BCUT2D eigenvalue weighted by molar-refractivity contribution is 9.10. The number of nitrogens with two attached hydrogens (primary N) is 1. The number of phenols is 1. The third-order valence-electron chi connectivity index (χ3n) is 3.05. The maximum Gasteiger partial charge on any atom is 0.256 e. The molecule has 0 heterocycles. The molecule has 0 unspecified atom stereocenters. The number of phenolic OH excluding ortho intramolecular Hbond substituents is 1. The van der Waals surface area contributed by atoms with Crippen molar-refractivity contribution in [2.24, 2.45) is 5.73 Å². The summed E-state index contributed by atoms with van der Waals surface area (Å²) in [5.74, 6) is -0.253. The van der Waals surface area contributed by atoms with Crippen molar-refractivity contribution in [3.63, 3.8) is 0 Å². The predicted octanol–water partition coefficient (Wildman–Crippen LogP) is 3.35. The van der Waals surface area contributed by atoms with Gasteiger partial charge in [-0.3, -0.25) is 4.79 Å². The summed E-state index contributed by atoms with van der Waals surface area (Å²) < 4.78 is 0.817. The standard InChI is InChI=1S/C15H13BrN2O2S/c1-8-10(3-2-4-13(8)19)15(20)18-12-6-5-9(16)7-11(12)14(17)21/h2-7,19H,1H3,(H2,17,21)(H,18,20). The Hall–Kier alpha value is -1.92. The SMILES string of the molecule is Cc1c(O)cccc1C(=O)Nc1ccc(Br)cc1C(N)=S. The normalized spacial score (nSPS) is 10.2. The molecule has 0 fully saturated rings. The highest BCUT2D eigenvalue weighted by Gasteiger charge is 2.14. The summed E-state index contributed by atoms with van der Waals surface area (Å²) in [4.78, 5) is 12.5. The van der Waals surface area contributed by atoms with E-state index >= 15 is 0 Å². The second-order valence-electron chi connectivity index (χ2n) is 4.46. The molecule has 0 aliphatic rings. The monoisotopic (exact) mass is 364 g/mol. The number of nitrogens with one attached hydrogen (secondary N) is 1. The highest BCUT2D eigenvalue weighted by atomic mass is 79.9. The average Bonchev–Trinajstić information content (AvgIpc) is 2.43. The minimum Gasteiger partial charge on any atom is -0.508 e. The summed E-state index contributed by atoms with van der Waals surface area (Å²) in [5.41, 5.74) is 7.68. The molecule has 0 radical (unpaired) electrons. The number of benzene rings is 2. The van der Waals surface area contributed by atoms with Crippen molar-refractivity contribution in [3.8, 4) is 5.75 Å². The number of anilines is 1. The van der Waals surface area contributed by atoms with Crippen LogP contribution in [-0.2, 0) is 0 Å². The smallest absolute Gasteiger partial charge is 0.256 e. The first-order chi connectivity index (χ1) is 9.90. The van der Waals surface area contributed by atoms with Gasteiger partial charge in [-0.1, -0.05) is 34.2 Å². The van der Waals surface area contributed by atoms with E-state index in [-0.39, 0.29) is 16.6 Å². The zero-order valence-electron chi connectivity index (χ0n) is 11.2. The minimum atomic E-state index is -0.330. The molecule has 0 bridgehead atoms. The minimum absolute atomic E-state index is 0.0769. The number of carbonyl (C=O) groups is 1. The van der Waals surface area contributed by atoms with Crippen LogP contribution in [0.25, 0.3) is 0 Å². The lowest BCUT2D eigenvalue weighted by atomic mass is 10.1. The first-order valence-corrected chi connectivity index (χ1v) is 7.29. The summed E-state index contributed by atoms with van der Waals surface area (Å²) in [6, 6.07) is 10.0. The Morgan fingerprint density at radius 1 is 1.29 bits per heavy atom. The molecule has 4 N–H and O–H groups in total. The Morgan fingerprint density at radius 3 is 2.67 bits per heavy atom. The molecule has 21 heavy (non-hydrogen) atoms. The maximum absolute atomic E-state index is 12.3. The van der Waals surface area contributed by atoms with E-state index in [0.717, 1.165) is 4.47 Å². The molecule has 0 aromatic heterocycles. The first kappa shape index (κ1) is 15.5. The van der Waals surface area contributed by atoms with Crippen molar-refractivity contribution < 1.29 is 9.90 Å². The summed E-state index contributed by atoms with van der Waals surface area (Å²) in [6.45, 7) is 1.68. The Balaban J connectivity index is 2.36. The van der Waals surface area contributed by atoms with Gasteiger partial charge in [0.1, 0.15) is 10.7 Å². The molecule has 2 rings (SSSR count). The van der Waals surface area contributed by atoms with Gasteiger partial charge in [-0.15, -0.1) is 0 Å². The molecule has 0 aliphatic heterocycles. The quantitative estimate of drug-likeness (QED) is 0.730. The van der Waals surface area contributed by atoms with Gasteiger partial charge in [0.2, 0.25) is 0 Å². The van der Waals surface area contributed by atoms with E-state index in [9.17, 15) is 9.90 Å². The predicted molar refractivity (Wildman–Crippen MR) is 90.8 cm³/mol. The van der Waals surface area contributed by atoms with E-state index < -0.39 is 0 Å². The molecule has 0 aliphatic carbocycles. The second-order valence-corrected chi connectivity index (χ2v) is 5.81. The zero-order chi connectivity index (χ0) is 15.6. The van der Waals surface area contributed by atoms with Crippen LogP contribution >= 0.6 is 28.1 Å². The number of halogens is 1. The zero-order valence-corrected chi connectivity index (χ0v) is 13.6. The summed E-state index contributed by atoms with van der Waals surface area (Å²) >= 11 is 8.33. The molecule has 1 amide bonds. The summed E-state index contributed by atoms with van der Waals surface area (Å²) in [5, 5.41) is 12.4. The lowest BCUT2D eigenvalue weighted by molar-refractivity contribution is 0.102. The van der Waals surface area contributed by atoms with E-state index in [1.54, 1.807) is 37.3 Å². The van der Waals surface area contributed by atoms with Crippen molar-refractivity contribution in [1.29, 1.82) is 0 Å². The maximum atomic E-state index is 12.3. The number of rotatable bonds is 3. The van der Waals surface area contributed by atoms with E-state index in [2.05, 4.69) is 21.2 Å². The van der Waals surface area contributed by atoms with Crippen LogP contribution in [0.15, 0.2) is 40.9 Å². The first-order valence-electron chi connectivity index (χ1n) is 6.09. The highest BCUT2D eigenvalue weighted by Crippen LogP contribution is 2.24. The molecule has 6 heteroatoms. The van der Waals surface area contributed by atoms with Gasteiger partial charge in [-0.05, 0) is 37.3 Å². The van der Waals surface area contributed by atoms with E-state index in [4.69, 9.17) is 18.0 Å². The van der Waals surface area contributed by atoms with Gasteiger partial charge in [-0.2, -0.15) is 0 Å². The van der Waals surface area contributed by atoms with E-state index in [0.29, 0.717) is 22.4 Å². The van der Waals surface area contributed by atoms with Crippen LogP contribution in [0.3, 0.4) is 0 Å². The van der Waals surface area contributed by atoms with E-state index in [1.807, 2.05) is 0 Å². The third-order valence-corrected chi connectivity index (χ3v) is 3.76. The molecule has 0 atom stereocenters. The van der Waals surface area contributed by atoms with Crippen LogP contribution in [-0.4, -0.2) is 16.0 Å². The van der Waals surface area contributed by atoms with Crippen LogP contribution in [0.1, 0.15) is 21.5 Å². The number of hydrogen-bond donors (Lipinski definition) is 3. The molecule has 0 saturated carbocycles. The number of carbonyl (C=O) groups excluding carboxylic acids is 1. The Bertz CT molecular complexity index is 732. The Labute approximate surface area is 136 Å². The molecule has 2 aromatic rings. The van der Waals surface area contributed by atoms with Crippen LogP contribution in [0, 0.1) is 6.92 Å². The van der Waals surface area contributed by atoms with Crippen molar-refractivity contribution in [1.82, 2.24) is 0 Å². The summed E-state index contributed by atoms with van der Waals surface area (Å²) in [6.07, 6.45) is 0. The number of amides is 1. The Kier molecular flexibility index (Phi) is 4.59. The van der Waals surface area contributed by atoms with Crippen LogP contribution < -0.4 is 11.1 Å². The fourth-order valence-electron chi connectivity index (χ4n) is 1.89. The van der Waals surface area contributed by atoms with Crippen LogP contribution in [0.5, 0.6) is 5.75 Å². The van der Waals surface area contributed by atoms with Gasteiger partial charge >= 0.3 is 0 Å². The van der Waals surface area contributed by atoms with E-state index in [1.165, 1.54) is 6.07 Å². The topological polar surface area (TPSA) is 75.3 Å². The molecular weight excluding hydrogens is 352 g/mol. The van der Waals surface area contributed by atoms with Gasteiger partial charge in [0.15, 0.2) is 0 Å². The van der Waals surface area contributed by atoms with Crippen molar-refractivity contribution in [2.75, 3.05) is 5.32 Å². The molecular formula is C15H13BrN2O2S. The largest absolute Gasteiger partial charge is 0.508 e. The lowest BCUT2D eigenvalue weighted by Gasteiger charge is -2.12. The molecule has 0 spiro atoms. The fraction of sp³-hybridized carbons (Fsp3) is 0.0667. The van der Waals surface area contributed by atoms with Crippen LogP contribution in [0.2, 0.25) is 0 Å². The number of aromatic hydroxyl groups is 1. The lowest BCUT2D eigenvalue weighted by Crippen LogP contribution is -2.18. The van der Waals surface area contributed by atoms with Gasteiger partial charge in [-0.25, -0.2) is 0 Å². The number of thiocarbonyl (C=S) groups is 1. The van der Waals surface area contributed by atoms with Gasteiger partial charge in [0.05, 0.1) is 5.69 Å². The number of hydrogen-bond acceptors (Lipinski definition) is 3. The van der Waals surface area contributed by atoms with Crippen LogP contribution in [0.4, 0.5) is 5.69 Å². The van der Waals surface area contributed by atoms with Crippen molar-refractivity contribution in [2.45, 2.75) is 6.92 Å². The fourth-order valence-corrected chi connectivity index (χ4v) is 2.42. The van der Waals surface area contributed by atoms with Gasteiger partial charge in [0, 0.05) is 21.2 Å². The molecule has 4 nitrogen and oxygen atoms in total. The van der Waals surface area contributed by atoms with Gasteiger partial charge < -0.3 is 16.2 Å². The van der Waals surface area contributed by atoms with Gasteiger partial charge in [0.25, 0.3) is 5.91 Å². The second kappa shape index (κ2) is 6.24. The Morgan fingerprint density at radius 2 is 2.00 bits per heavy atom. The van der Waals surface area contributed by atoms with Crippen molar-refractivity contribution >= 4 is 44.7 Å². The molecule has 0 saturated heterocycles. The molecule has 108 valence electrons.